The Morgan fingerprint density at radius 2 is 2.50 bits per heavy atom. The first-order valence-corrected chi connectivity index (χ1v) is 3.08. The van der Waals surface area contributed by atoms with Crippen LogP contribution in [-0.2, 0) is 9.53 Å². The predicted octanol–water partition coefficient (Wildman–Crippen LogP) is -0.0999. The molecule has 0 unspecified atom stereocenters. The average molecular weight is 141 g/mol. The van der Waals surface area contributed by atoms with Crippen LogP contribution in [0, 0.1) is 12.3 Å². The zero-order chi connectivity index (χ0) is 7.98. The molecule has 0 radical (unpaired) electrons. The van der Waals surface area contributed by atoms with Gasteiger partial charge in [0.1, 0.15) is 6.04 Å². The van der Waals surface area contributed by atoms with Gasteiger partial charge in [0.15, 0.2) is 0 Å². The summed E-state index contributed by atoms with van der Waals surface area (Å²) >= 11 is 0. The van der Waals surface area contributed by atoms with Gasteiger partial charge in [0.2, 0.25) is 0 Å². The average Bonchev–Trinajstić information content (AvgIpc) is 1.89. The number of nitrogens with two attached hydrogens (primary N) is 1. The SMILES string of the molecule is C#CC[C@H](N)C(=O)OCC. The van der Waals surface area contributed by atoms with Crippen molar-refractivity contribution in [2.75, 3.05) is 6.61 Å². The number of terminal acetylenes is 1. The third-order valence-electron chi connectivity index (χ3n) is 0.927. The van der Waals surface area contributed by atoms with E-state index in [9.17, 15) is 4.79 Å². The van der Waals surface area contributed by atoms with Gasteiger partial charge in [-0.3, -0.25) is 4.79 Å². The summed E-state index contributed by atoms with van der Waals surface area (Å²) in [7, 11) is 0. The van der Waals surface area contributed by atoms with Gasteiger partial charge in [0.25, 0.3) is 0 Å². The van der Waals surface area contributed by atoms with Gasteiger partial charge in [-0.05, 0) is 6.92 Å². The highest BCUT2D eigenvalue weighted by molar-refractivity contribution is 5.75. The smallest absolute Gasteiger partial charge is 0.323 e. The second kappa shape index (κ2) is 4.83. The van der Waals surface area contributed by atoms with Crippen molar-refractivity contribution in [1.29, 1.82) is 0 Å². The number of hydrogen-bond acceptors (Lipinski definition) is 3. The normalized spacial score (nSPS) is 11.7. The molecule has 0 amide bonds. The van der Waals surface area contributed by atoms with E-state index in [1.807, 2.05) is 0 Å². The fourth-order valence-corrected chi connectivity index (χ4v) is 0.460. The van der Waals surface area contributed by atoms with Gasteiger partial charge in [0, 0.05) is 6.42 Å². The Labute approximate surface area is 60.5 Å². The van der Waals surface area contributed by atoms with Crippen LogP contribution in [0.4, 0.5) is 0 Å². The maximum atomic E-state index is 10.7. The highest BCUT2D eigenvalue weighted by atomic mass is 16.5. The van der Waals surface area contributed by atoms with Crippen molar-refractivity contribution in [1.82, 2.24) is 0 Å². The molecule has 0 heterocycles. The maximum Gasteiger partial charge on any atom is 0.323 e. The van der Waals surface area contributed by atoms with Crippen LogP contribution in [0.15, 0.2) is 0 Å². The summed E-state index contributed by atoms with van der Waals surface area (Å²) in [5, 5.41) is 0. The van der Waals surface area contributed by atoms with Crippen LogP contribution in [0.1, 0.15) is 13.3 Å². The van der Waals surface area contributed by atoms with Gasteiger partial charge in [-0.25, -0.2) is 0 Å². The molecule has 3 heteroatoms. The molecule has 0 spiro atoms. The predicted molar refractivity (Wildman–Crippen MR) is 38.1 cm³/mol. The molecule has 0 aromatic heterocycles. The van der Waals surface area contributed by atoms with Gasteiger partial charge < -0.3 is 10.5 Å². The van der Waals surface area contributed by atoms with E-state index in [2.05, 4.69) is 10.7 Å². The monoisotopic (exact) mass is 141 g/mol. The fourth-order valence-electron chi connectivity index (χ4n) is 0.460. The van der Waals surface area contributed by atoms with Crippen molar-refractivity contribution in [2.45, 2.75) is 19.4 Å². The van der Waals surface area contributed by atoms with Crippen molar-refractivity contribution < 1.29 is 9.53 Å². The summed E-state index contributed by atoms with van der Waals surface area (Å²) < 4.78 is 4.60. The summed E-state index contributed by atoms with van der Waals surface area (Å²) in [4.78, 5) is 10.7. The van der Waals surface area contributed by atoms with E-state index < -0.39 is 12.0 Å². The van der Waals surface area contributed by atoms with E-state index in [-0.39, 0.29) is 6.42 Å². The van der Waals surface area contributed by atoms with Crippen LogP contribution in [0.5, 0.6) is 0 Å². The third kappa shape index (κ3) is 3.10. The third-order valence-corrected chi connectivity index (χ3v) is 0.927. The summed E-state index contributed by atoms with van der Waals surface area (Å²) in [6.07, 6.45) is 5.16. The van der Waals surface area contributed by atoms with Crippen LogP contribution >= 0.6 is 0 Å². The maximum absolute atomic E-state index is 10.7. The lowest BCUT2D eigenvalue weighted by Gasteiger charge is -2.05. The lowest BCUT2D eigenvalue weighted by atomic mass is 10.2. The van der Waals surface area contributed by atoms with Gasteiger partial charge in [-0.1, -0.05) is 0 Å². The molecule has 0 aromatic rings. The van der Waals surface area contributed by atoms with E-state index in [1.165, 1.54) is 0 Å². The van der Waals surface area contributed by atoms with Crippen LogP contribution < -0.4 is 5.73 Å². The fraction of sp³-hybridized carbons (Fsp3) is 0.571. The number of carbonyl (C=O) groups is 1. The molecule has 2 N–H and O–H groups in total. The van der Waals surface area contributed by atoms with E-state index in [4.69, 9.17) is 12.2 Å². The van der Waals surface area contributed by atoms with E-state index in [0.29, 0.717) is 6.61 Å². The molecule has 0 fully saturated rings. The first-order chi connectivity index (χ1) is 4.72. The Bertz CT molecular complexity index is 148. The largest absolute Gasteiger partial charge is 0.465 e. The lowest BCUT2D eigenvalue weighted by molar-refractivity contribution is -0.144. The molecule has 0 bridgehead atoms. The Balaban J connectivity index is 3.62. The molecule has 56 valence electrons. The topological polar surface area (TPSA) is 52.3 Å². The molecule has 0 aliphatic carbocycles. The first kappa shape index (κ1) is 8.99. The van der Waals surface area contributed by atoms with Gasteiger partial charge in [-0.2, -0.15) is 0 Å². The number of esters is 1. The molecule has 0 saturated carbocycles. The number of ether oxygens (including phenoxy) is 1. The molecule has 1 atom stereocenters. The minimum atomic E-state index is -0.662. The van der Waals surface area contributed by atoms with E-state index in [1.54, 1.807) is 6.92 Å². The summed E-state index contributed by atoms with van der Waals surface area (Å²) in [6, 6.07) is -0.662. The van der Waals surface area contributed by atoms with Crippen molar-refractivity contribution in [3.63, 3.8) is 0 Å². The standard InChI is InChI=1S/C7H11NO2/c1-3-5-6(8)7(9)10-4-2/h1,6H,4-5,8H2,2H3/t6-/m0/s1. The Morgan fingerprint density at radius 1 is 1.90 bits per heavy atom. The lowest BCUT2D eigenvalue weighted by Crippen LogP contribution is -2.31. The first-order valence-electron chi connectivity index (χ1n) is 3.08. The molecule has 0 saturated heterocycles. The van der Waals surface area contributed by atoms with Gasteiger partial charge in [0.05, 0.1) is 6.61 Å². The Hall–Kier alpha value is -1.01. The van der Waals surface area contributed by atoms with Crippen LogP contribution in [0.25, 0.3) is 0 Å². The van der Waals surface area contributed by atoms with E-state index in [0.717, 1.165) is 0 Å². The minimum Gasteiger partial charge on any atom is -0.465 e. The van der Waals surface area contributed by atoms with E-state index >= 15 is 0 Å². The second-order valence-electron chi connectivity index (χ2n) is 1.77. The summed E-state index contributed by atoms with van der Waals surface area (Å²) in [5.74, 6) is 1.85. The molecule has 10 heavy (non-hydrogen) atoms. The molecule has 0 aliphatic heterocycles. The van der Waals surface area contributed by atoms with Gasteiger partial charge >= 0.3 is 5.97 Å². The highest BCUT2D eigenvalue weighted by Gasteiger charge is 2.11. The number of carbonyl (C=O) groups excluding carboxylic acids is 1. The zero-order valence-electron chi connectivity index (χ0n) is 5.96. The van der Waals surface area contributed by atoms with Crippen LogP contribution in [0.2, 0.25) is 0 Å². The summed E-state index contributed by atoms with van der Waals surface area (Å²) in [5.41, 5.74) is 5.30. The molecule has 3 nitrogen and oxygen atoms in total. The minimum absolute atomic E-state index is 0.235. The van der Waals surface area contributed by atoms with Crippen molar-refractivity contribution in [2.24, 2.45) is 5.73 Å². The number of rotatable bonds is 3. The van der Waals surface area contributed by atoms with Crippen molar-refractivity contribution in [3.8, 4) is 12.3 Å². The molecular weight excluding hydrogens is 130 g/mol. The summed E-state index contributed by atoms with van der Waals surface area (Å²) in [6.45, 7) is 2.07. The molecule has 0 aliphatic rings. The zero-order valence-corrected chi connectivity index (χ0v) is 5.96. The highest BCUT2D eigenvalue weighted by Crippen LogP contribution is 1.89. The molecular formula is C7H11NO2. The molecule has 0 aromatic carbocycles. The Morgan fingerprint density at radius 3 is 2.90 bits per heavy atom. The van der Waals surface area contributed by atoms with Crippen LogP contribution in [-0.4, -0.2) is 18.6 Å². The van der Waals surface area contributed by atoms with Crippen molar-refractivity contribution >= 4 is 5.97 Å². The quantitative estimate of drug-likeness (QED) is 0.441. The van der Waals surface area contributed by atoms with Crippen molar-refractivity contribution in [3.05, 3.63) is 0 Å². The second-order valence-corrected chi connectivity index (χ2v) is 1.77. The van der Waals surface area contributed by atoms with Crippen LogP contribution in [0.3, 0.4) is 0 Å². The number of hydrogen-bond donors (Lipinski definition) is 1. The molecule has 0 rings (SSSR count). The van der Waals surface area contributed by atoms with Gasteiger partial charge in [-0.15, -0.1) is 12.3 Å². The Kier molecular flexibility index (Phi) is 4.34.